The molecule has 8 nitrogen and oxygen atoms in total. The molecule has 0 N–H and O–H groups in total. The van der Waals surface area contributed by atoms with E-state index in [0.29, 0.717) is 9.80 Å². The number of nitro benzene ring substituents is 1. The molecule has 0 radical (unpaired) electrons. The van der Waals surface area contributed by atoms with E-state index in [9.17, 15) is 24.1 Å². The summed E-state index contributed by atoms with van der Waals surface area (Å²) in [5, 5.41) is 10.6. The van der Waals surface area contributed by atoms with Crippen LogP contribution in [0.3, 0.4) is 0 Å². The Bertz CT molecular complexity index is 1210. The molecule has 1 unspecified atom stereocenters. The first kappa shape index (κ1) is 24.6. The van der Waals surface area contributed by atoms with Crippen molar-refractivity contribution in [3.05, 3.63) is 80.2 Å². The van der Waals surface area contributed by atoms with Gasteiger partial charge in [0.25, 0.3) is 5.69 Å². The van der Waals surface area contributed by atoms with Gasteiger partial charge in [-0.25, -0.2) is 9.18 Å². The number of nitrogens with zero attached hydrogens (tertiary/aromatic N) is 3. The van der Waals surface area contributed by atoms with Gasteiger partial charge in [0.1, 0.15) is 18.2 Å². The minimum atomic E-state index is -1.31. The van der Waals surface area contributed by atoms with Gasteiger partial charge < -0.3 is 9.64 Å². The molecule has 2 fully saturated rings. The number of esters is 1. The van der Waals surface area contributed by atoms with Crippen LogP contribution in [0.25, 0.3) is 0 Å². The summed E-state index contributed by atoms with van der Waals surface area (Å²) in [6, 6.07) is 15.8. The van der Waals surface area contributed by atoms with Gasteiger partial charge in [-0.3, -0.25) is 19.8 Å². The number of β-lactam (4-membered cyclic amide) rings is 1. The fourth-order valence-corrected chi connectivity index (χ4v) is 7.89. The van der Waals surface area contributed by atoms with Crippen molar-refractivity contribution < 1.29 is 23.6 Å². The third-order valence-electron chi connectivity index (χ3n) is 6.49. The Hall–Kier alpha value is -3.05. The Kier molecular flexibility index (Phi) is 6.94. The molecule has 2 aromatic rings. The number of thioether (sulfide) groups is 2. The average Bonchev–Trinajstić information content (AvgIpc) is 3.46. The van der Waals surface area contributed by atoms with Crippen LogP contribution in [0.15, 0.2) is 64.5 Å². The lowest BCUT2D eigenvalue weighted by Gasteiger charge is -2.43. The van der Waals surface area contributed by atoms with Crippen molar-refractivity contribution >= 4 is 46.8 Å². The molecule has 36 heavy (non-hydrogen) atoms. The number of amides is 1. The first-order valence-electron chi connectivity index (χ1n) is 11.6. The van der Waals surface area contributed by atoms with Crippen molar-refractivity contribution in [3.8, 4) is 0 Å². The van der Waals surface area contributed by atoms with Gasteiger partial charge >= 0.3 is 5.97 Å². The molecule has 5 rings (SSSR count). The molecule has 3 aliphatic rings. The number of halogens is 1. The smallest absolute Gasteiger partial charge is 0.357 e. The highest BCUT2D eigenvalue weighted by Gasteiger charge is 2.58. The molecule has 0 spiro atoms. The lowest BCUT2D eigenvalue weighted by Crippen LogP contribution is -2.60. The van der Waals surface area contributed by atoms with Crippen LogP contribution in [0, 0.1) is 16.0 Å². The van der Waals surface area contributed by atoms with Crippen LogP contribution in [0.1, 0.15) is 18.9 Å². The van der Waals surface area contributed by atoms with Crippen molar-refractivity contribution in [3.63, 3.8) is 0 Å². The zero-order valence-electron chi connectivity index (χ0n) is 19.4. The number of rotatable bonds is 8. The van der Waals surface area contributed by atoms with E-state index in [2.05, 4.69) is 17.0 Å². The van der Waals surface area contributed by atoms with Gasteiger partial charge in [-0.2, -0.15) is 0 Å². The monoisotopic (exact) mass is 529 g/mol. The fourth-order valence-electron chi connectivity index (χ4n) is 4.58. The van der Waals surface area contributed by atoms with Gasteiger partial charge in [0.05, 0.1) is 15.1 Å². The van der Waals surface area contributed by atoms with Crippen molar-refractivity contribution in [2.24, 2.45) is 5.92 Å². The van der Waals surface area contributed by atoms with Crippen molar-refractivity contribution in [1.29, 1.82) is 0 Å². The molecular weight excluding hydrogens is 505 g/mol. The molecular formula is C25H24FN3O5S2. The lowest BCUT2D eigenvalue weighted by molar-refractivity contribution is -0.384. The predicted molar refractivity (Wildman–Crippen MR) is 137 cm³/mol. The Morgan fingerprint density at radius 1 is 1.25 bits per heavy atom. The summed E-state index contributed by atoms with van der Waals surface area (Å²) in [7, 11) is 0. The molecule has 3 aliphatic heterocycles. The lowest BCUT2D eigenvalue weighted by atomic mass is 9.93. The molecule has 0 aromatic heterocycles. The van der Waals surface area contributed by atoms with Crippen molar-refractivity contribution in [1.82, 2.24) is 4.90 Å². The molecule has 188 valence electrons. The number of carbonyl (C=O) groups is 2. The summed E-state index contributed by atoms with van der Waals surface area (Å²) < 4.78 is 20.3. The number of hydrogen-bond acceptors (Lipinski definition) is 8. The van der Waals surface area contributed by atoms with Crippen LogP contribution in [0.4, 0.5) is 15.8 Å². The third kappa shape index (κ3) is 4.69. The Morgan fingerprint density at radius 2 is 1.97 bits per heavy atom. The van der Waals surface area contributed by atoms with E-state index in [1.54, 1.807) is 11.8 Å². The first-order chi connectivity index (χ1) is 17.3. The third-order valence-corrected chi connectivity index (χ3v) is 9.35. The van der Waals surface area contributed by atoms with Crippen LogP contribution < -0.4 is 4.90 Å². The zero-order chi connectivity index (χ0) is 25.4. The van der Waals surface area contributed by atoms with E-state index in [4.69, 9.17) is 4.74 Å². The molecule has 0 saturated carbocycles. The Labute approximate surface area is 216 Å². The van der Waals surface area contributed by atoms with E-state index in [0.717, 1.165) is 25.2 Å². The van der Waals surface area contributed by atoms with Crippen LogP contribution in [-0.2, 0) is 20.9 Å². The minimum absolute atomic E-state index is 0.0554. The summed E-state index contributed by atoms with van der Waals surface area (Å²) in [5.74, 6) is -1.84. The second-order valence-corrected chi connectivity index (χ2v) is 11.6. The van der Waals surface area contributed by atoms with Crippen LogP contribution in [0.5, 0.6) is 0 Å². The number of alkyl halides is 1. The standard InChI is InChI=1S/C25H24FN3O5S2/c1-15(26)20-22(30)28-21(24(31)34-14-16-7-9-18(10-8-16)29(32)33)25(36-23(20)28)35-19-11-12-27(13-19)17-5-3-2-4-6-17/h2-10,15,19-20,23H,11-14H2,1H3/t15-,19?,20-,23+/m0/s1. The number of carbonyl (C=O) groups excluding carboxylic acids is 2. The first-order valence-corrected chi connectivity index (χ1v) is 13.3. The maximum atomic E-state index is 14.1. The predicted octanol–water partition coefficient (Wildman–Crippen LogP) is 4.71. The second-order valence-electron chi connectivity index (χ2n) is 8.87. The average molecular weight is 530 g/mol. The van der Waals surface area contributed by atoms with Crippen LogP contribution in [-0.4, -0.2) is 51.6 Å². The molecule has 11 heteroatoms. The maximum Gasteiger partial charge on any atom is 0.357 e. The van der Waals surface area contributed by atoms with Gasteiger partial charge in [0.15, 0.2) is 5.70 Å². The van der Waals surface area contributed by atoms with Gasteiger partial charge in [-0.1, -0.05) is 30.0 Å². The molecule has 2 aromatic carbocycles. The molecule has 0 aliphatic carbocycles. The highest BCUT2D eigenvalue weighted by Crippen LogP contribution is 2.55. The largest absolute Gasteiger partial charge is 0.456 e. The van der Waals surface area contributed by atoms with E-state index in [1.165, 1.54) is 47.9 Å². The number of ether oxygens (including phenoxy) is 1. The van der Waals surface area contributed by atoms with Gasteiger partial charge in [0.2, 0.25) is 5.91 Å². The zero-order valence-corrected chi connectivity index (χ0v) is 21.0. The topological polar surface area (TPSA) is 93.0 Å². The van der Waals surface area contributed by atoms with Crippen LogP contribution in [0.2, 0.25) is 0 Å². The summed E-state index contributed by atoms with van der Waals surface area (Å²) in [6.07, 6.45) is -0.399. The quantitative estimate of drug-likeness (QED) is 0.210. The highest BCUT2D eigenvalue weighted by molar-refractivity contribution is 8.23. The number of anilines is 1. The van der Waals surface area contributed by atoms with E-state index < -0.39 is 34.3 Å². The number of hydrogen-bond donors (Lipinski definition) is 0. The minimum Gasteiger partial charge on any atom is -0.456 e. The van der Waals surface area contributed by atoms with E-state index in [-0.39, 0.29) is 23.2 Å². The summed E-state index contributed by atoms with van der Waals surface area (Å²) in [5.41, 5.74) is 1.85. The summed E-state index contributed by atoms with van der Waals surface area (Å²) >= 11 is 2.91. The SMILES string of the molecule is C[C@H](F)[C@H]1C(=O)N2C(C(=O)OCc3ccc([N+](=O)[O-])cc3)=C(SC3CCN(c4ccccc4)C3)S[C@H]12. The number of non-ortho nitro benzene ring substituents is 1. The second kappa shape index (κ2) is 10.1. The highest BCUT2D eigenvalue weighted by atomic mass is 32.2. The number of benzene rings is 2. The maximum absolute atomic E-state index is 14.1. The number of para-hydroxylation sites is 1. The van der Waals surface area contributed by atoms with E-state index in [1.807, 2.05) is 18.2 Å². The van der Waals surface area contributed by atoms with Gasteiger partial charge in [-0.05, 0) is 43.2 Å². The Morgan fingerprint density at radius 3 is 2.64 bits per heavy atom. The number of fused-ring (bicyclic) bond motifs is 1. The fraction of sp³-hybridized carbons (Fsp3) is 0.360. The summed E-state index contributed by atoms with van der Waals surface area (Å²) in [6.45, 7) is 2.96. The molecule has 2 saturated heterocycles. The Balaban J connectivity index is 1.31. The van der Waals surface area contributed by atoms with Gasteiger partial charge in [0, 0.05) is 36.2 Å². The normalized spacial score (nSPS) is 23.9. The molecule has 4 atom stereocenters. The van der Waals surface area contributed by atoms with Crippen molar-refractivity contribution in [2.75, 3.05) is 18.0 Å². The summed E-state index contributed by atoms with van der Waals surface area (Å²) in [4.78, 5) is 39.9. The van der Waals surface area contributed by atoms with E-state index >= 15 is 0 Å². The van der Waals surface area contributed by atoms with Gasteiger partial charge in [-0.15, -0.1) is 11.8 Å². The van der Waals surface area contributed by atoms with Crippen LogP contribution >= 0.6 is 23.5 Å². The van der Waals surface area contributed by atoms with Crippen molar-refractivity contribution in [2.45, 2.75) is 36.7 Å². The molecule has 1 amide bonds. The number of nitro groups is 1. The molecule has 3 heterocycles. The molecule has 0 bridgehead atoms.